The average Bonchev–Trinajstić information content (AvgIpc) is 2.87. The van der Waals surface area contributed by atoms with Gasteiger partial charge in [-0.25, -0.2) is 14.6 Å². The number of aromatic nitrogens is 1. The molecule has 0 saturated heterocycles. The monoisotopic (exact) mass is 300 g/mol. The Morgan fingerprint density at radius 2 is 2.20 bits per heavy atom. The molecule has 0 bridgehead atoms. The molecule has 0 unspecified atom stereocenters. The molecular weight excluding hydrogens is 284 g/mol. The lowest BCUT2D eigenvalue weighted by Crippen LogP contribution is -2.46. The van der Waals surface area contributed by atoms with Gasteiger partial charge in [0.2, 0.25) is 5.91 Å². The molecule has 1 heterocycles. The summed E-state index contributed by atoms with van der Waals surface area (Å²) in [6.45, 7) is 0.345. The number of hydrogen-bond acceptors (Lipinski definition) is 5. The highest BCUT2D eigenvalue weighted by Gasteiger charge is 2.20. The second-order valence-electron chi connectivity index (χ2n) is 4.03. The molecule has 0 aliphatic carbocycles. The fraction of sp³-hybridized carbons (Fsp3) is 0.455. The number of nitrogens with two attached hydrogens (primary N) is 1. The third-order valence-electron chi connectivity index (χ3n) is 2.43. The lowest BCUT2D eigenvalue weighted by Gasteiger charge is -2.14. The predicted molar refractivity (Wildman–Crippen MR) is 72.2 cm³/mol. The first kappa shape index (κ1) is 15.9. The van der Waals surface area contributed by atoms with Crippen molar-refractivity contribution in [3.8, 4) is 0 Å². The Balaban J connectivity index is 2.30. The first-order valence-corrected chi connectivity index (χ1v) is 6.86. The molecule has 0 saturated carbocycles. The number of nitrogens with zero attached hydrogens (tertiary/aromatic N) is 1. The van der Waals surface area contributed by atoms with Crippen molar-refractivity contribution in [1.82, 2.24) is 15.6 Å². The summed E-state index contributed by atoms with van der Waals surface area (Å²) in [5, 5.41) is 15.6. The van der Waals surface area contributed by atoms with Crippen LogP contribution in [0.5, 0.6) is 0 Å². The highest BCUT2D eigenvalue weighted by atomic mass is 32.1. The Hall–Kier alpha value is -2.16. The molecule has 0 aliphatic rings. The van der Waals surface area contributed by atoms with Crippen LogP contribution in [0.2, 0.25) is 0 Å². The molecule has 1 aromatic heterocycles. The van der Waals surface area contributed by atoms with Crippen molar-refractivity contribution >= 4 is 29.2 Å². The molecule has 1 aromatic rings. The highest BCUT2D eigenvalue weighted by molar-refractivity contribution is 7.07. The van der Waals surface area contributed by atoms with Gasteiger partial charge in [0.25, 0.3) is 0 Å². The Morgan fingerprint density at radius 1 is 1.45 bits per heavy atom. The van der Waals surface area contributed by atoms with E-state index in [1.165, 1.54) is 11.3 Å². The van der Waals surface area contributed by atoms with Crippen LogP contribution in [0.1, 0.15) is 18.5 Å². The zero-order valence-electron chi connectivity index (χ0n) is 10.7. The van der Waals surface area contributed by atoms with Crippen molar-refractivity contribution < 1.29 is 19.5 Å². The average molecular weight is 300 g/mol. The number of carboxylic acid groups (broad SMARTS) is 1. The fourth-order valence-corrected chi connectivity index (χ4v) is 2.01. The van der Waals surface area contributed by atoms with E-state index in [1.807, 2.05) is 5.38 Å². The number of urea groups is 1. The molecule has 1 rings (SSSR count). The Labute approximate surface area is 119 Å². The molecule has 9 heteroatoms. The minimum atomic E-state index is -1.21. The van der Waals surface area contributed by atoms with Gasteiger partial charge < -0.3 is 21.5 Å². The van der Waals surface area contributed by atoms with Gasteiger partial charge in [-0.3, -0.25) is 4.79 Å². The standard InChI is InChI=1S/C11H16N4O4S/c12-9(16)2-1-8(10(17)18)15-11(19)13-4-3-7-5-20-6-14-7/h5-6,8H,1-4H2,(H2,12,16)(H,17,18)(H2,13,15,19)/t8-/m0/s1. The maximum Gasteiger partial charge on any atom is 0.326 e. The quantitative estimate of drug-likeness (QED) is 0.523. The molecule has 0 aromatic carbocycles. The number of thiazole rings is 1. The Bertz CT molecular complexity index is 463. The van der Waals surface area contributed by atoms with Gasteiger partial charge >= 0.3 is 12.0 Å². The summed E-state index contributed by atoms with van der Waals surface area (Å²) in [6, 6.07) is -1.74. The maximum absolute atomic E-state index is 11.5. The molecule has 3 amide bonds. The number of rotatable bonds is 8. The first-order chi connectivity index (χ1) is 9.49. The fourth-order valence-electron chi connectivity index (χ4n) is 1.42. The molecule has 0 spiro atoms. The smallest absolute Gasteiger partial charge is 0.326 e. The summed E-state index contributed by atoms with van der Waals surface area (Å²) >= 11 is 1.46. The van der Waals surface area contributed by atoms with Crippen LogP contribution in [0.3, 0.4) is 0 Å². The number of amides is 3. The Morgan fingerprint density at radius 3 is 2.75 bits per heavy atom. The van der Waals surface area contributed by atoms with Gasteiger partial charge in [0.05, 0.1) is 11.2 Å². The van der Waals surface area contributed by atoms with Crippen LogP contribution < -0.4 is 16.4 Å². The number of carbonyl (C=O) groups is 3. The zero-order valence-corrected chi connectivity index (χ0v) is 11.5. The van der Waals surface area contributed by atoms with Crippen molar-refractivity contribution in [3.63, 3.8) is 0 Å². The van der Waals surface area contributed by atoms with E-state index in [1.54, 1.807) is 5.51 Å². The lowest BCUT2D eigenvalue weighted by atomic mass is 10.1. The number of primary amides is 1. The third-order valence-corrected chi connectivity index (χ3v) is 3.07. The van der Waals surface area contributed by atoms with Gasteiger partial charge in [0, 0.05) is 24.8 Å². The van der Waals surface area contributed by atoms with Crippen molar-refractivity contribution in [1.29, 1.82) is 0 Å². The number of hydrogen-bond donors (Lipinski definition) is 4. The molecule has 1 atom stereocenters. The largest absolute Gasteiger partial charge is 0.480 e. The van der Waals surface area contributed by atoms with E-state index in [2.05, 4.69) is 15.6 Å². The van der Waals surface area contributed by atoms with E-state index in [9.17, 15) is 14.4 Å². The van der Waals surface area contributed by atoms with Crippen molar-refractivity contribution in [2.24, 2.45) is 5.73 Å². The molecule has 8 nitrogen and oxygen atoms in total. The summed E-state index contributed by atoms with van der Waals surface area (Å²) in [7, 11) is 0. The summed E-state index contributed by atoms with van der Waals surface area (Å²) in [4.78, 5) is 37.1. The molecule has 110 valence electrons. The number of nitrogens with one attached hydrogen (secondary N) is 2. The van der Waals surface area contributed by atoms with E-state index in [-0.39, 0.29) is 12.8 Å². The highest BCUT2D eigenvalue weighted by Crippen LogP contribution is 2.01. The molecule has 0 aliphatic heterocycles. The van der Waals surface area contributed by atoms with Crippen LogP contribution in [-0.2, 0) is 16.0 Å². The normalized spacial score (nSPS) is 11.6. The molecule has 20 heavy (non-hydrogen) atoms. The van der Waals surface area contributed by atoms with Crippen LogP contribution in [-0.4, -0.2) is 40.6 Å². The first-order valence-electron chi connectivity index (χ1n) is 5.91. The minimum absolute atomic E-state index is 0.0375. The summed E-state index contributed by atoms with van der Waals surface area (Å²) < 4.78 is 0. The summed E-state index contributed by atoms with van der Waals surface area (Å²) in [5.41, 5.74) is 7.49. The lowest BCUT2D eigenvalue weighted by molar-refractivity contribution is -0.139. The topological polar surface area (TPSA) is 134 Å². The number of carboxylic acids is 1. The summed E-state index contributed by atoms with van der Waals surface area (Å²) in [6.07, 6.45) is 0.427. The van der Waals surface area contributed by atoms with Crippen LogP contribution in [0.15, 0.2) is 10.9 Å². The minimum Gasteiger partial charge on any atom is -0.480 e. The number of carbonyl (C=O) groups excluding carboxylic acids is 2. The van der Waals surface area contributed by atoms with Crippen LogP contribution in [0.25, 0.3) is 0 Å². The van der Waals surface area contributed by atoms with E-state index in [4.69, 9.17) is 10.8 Å². The molecular formula is C11H16N4O4S. The molecule has 0 fully saturated rings. The van der Waals surface area contributed by atoms with Crippen LogP contribution in [0, 0.1) is 0 Å². The van der Waals surface area contributed by atoms with Crippen molar-refractivity contribution in [2.45, 2.75) is 25.3 Å². The Kier molecular flexibility index (Phi) is 6.44. The van der Waals surface area contributed by atoms with Gasteiger partial charge in [-0.15, -0.1) is 11.3 Å². The van der Waals surface area contributed by atoms with E-state index in [0.717, 1.165) is 5.69 Å². The van der Waals surface area contributed by atoms with Crippen molar-refractivity contribution in [3.05, 3.63) is 16.6 Å². The van der Waals surface area contributed by atoms with Crippen LogP contribution >= 0.6 is 11.3 Å². The van der Waals surface area contributed by atoms with Gasteiger partial charge in [-0.05, 0) is 6.42 Å². The van der Waals surface area contributed by atoms with E-state index >= 15 is 0 Å². The zero-order chi connectivity index (χ0) is 15.0. The SMILES string of the molecule is NC(=O)CC[C@H](NC(=O)NCCc1cscn1)C(=O)O. The van der Waals surface area contributed by atoms with Gasteiger partial charge in [0.15, 0.2) is 0 Å². The molecule has 5 N–H and O–H groups in total. The predicted octanol–water partition coefficient (Wildman–Crippen LogP) is -0.297. The second-order valence-corrected chi connectivity index (χ2v) is 4.74. The van der Waals surface area contributed by atoms with Gasteiger partial charge in [-0.1, -0.05) is 0 Å². The third kappa shape index (κ3) is 6.14. The van der Waals surface area contributed by atoms with Gasteiger partial charge in [0.1, 0.15) is 6.04 Å². The van der Waals surface area contributed by atoms with Crippen LogP contribution in [0.4, 0.5) is 4.79 Å². The van der Waals surface area contributed by atoms with E-state index in [0.29, 0.717) is 13.0 Å². The van der Waals surface area contributed by atoms with E-state index < -0.39 is 23.9 Å². The van der Waals surface area contributed by atoms with Crippen molar-refractivity contribution in [2.75, 3.05) is 6.54 Å². The number of aliphatic carboxylic acids is 1. The van der Waals surface area contributed by atoms with Gasteiger partial charge in [-0.2, -0.15) is 0 Å². The maximum atomic E-state index is 11.5. The molecule has 0 radical (unpaired) electrons. The summed E-state index contributed by atoms with van der Waals surface area (Å²) in [5.74, 6) is -1.82. The second kappa shape index (κ2) is 8.10.